The second kappa shape index (κ2) is 9.39. The minimum atomic E-state index is -1.97. The predicted octanol–water partition coefficient (Wildman–Crippen LogP) is -2.38. The first-order chi connectivity index (χ1) is 10.4. The minimum absolute atomic E-state index is 0.0815. The highest BCUT2D eigenvalue weighted by Gasteiger charge is 2.37. The Morgan fingerprint density at radius 2 is 1.45 bits per heavy atom. The molecule has 1 fully saturated rings. The van der Waals surface area contributed by atoms with Crippen molar-refractivity contribution in [2.24, 2.45) is 0 Å². The van der Waals surface area contributed by atoms with E-state index in [0.29, 0.717) is 0 Å². The monoisotopic (exact) mass is 321 g/mol. The summed E-state index contributed by atoms with van der Waals surface area (Å²) in [6, 6.07) is -0.0815. The van der Waals surface area contributed by atoms with Gasteiger partial charge in [-0.3, -0.25) is 4.79 Å². The number of hydrogen-bond donors (Lipinski definition) is 7. The summed E-state index contributed by atoms with van der Waals surface area (Å²) in [7, 11) is 0. The number of hydrogen-bond acceptors (Lipinski definition) is 7. The van der Waals surface area contributed by atoms with E-state index < -0.39 is 43.0 Å². The van der Waals surface area contributed by atoms with Crippen molar-refractivity contribution < 1.29 is 35.4 Å². The Morgan fingerprint density at radius 3 is 1.95 bits per heavy atom. The van der Waals surface area contributed by atoms with Gasteiger partial charge in [-0.1, -0.05) is 25.7 Å². The SMILES string of the molecule is O=C(NC1CCCCCC1)[C@H](O)[C@H](O)[C@@H](O)[C@H](O)[C@H](O)CO. The van der Waals surface area contributed by atoms with Gasteiger partial charge in [0.15, 0.2) is 6.10 Å². The fraction of sp³-hybridized carbons (Fsp3) is 0.929. The van der Waals surface area contributed by atoms with Crippen LogP contribution in [0.3, 0.4) is 0 Å². The van der Waals surface area contributed by atoms with Gasteiger partial charge >= 0.3 is 0 Å². The van der Waals surface area contributed by atoms with E-state index in [1.807, 2.05) is 0 Å². The summed E-state index contributed by atoms with van der Waals surface area (Å²) in [5.74, 6) is -0.830. The zero-order valence-corrected chi connectivity index (χ0v) is 12.5. The highest BCUT2D eigenvalue weighted by Crippen LogP contribution is 2.17. The van der Waals surface area contributed by atoms with Gasteiger partial charge in [-0.15, -0.1) is 0 Å². The summed E-state index contributed by atoms with van der Waals surface area (Å²) in [5.41, 5.74) is 0. The van der Waals surface area contributed by atoms with Crippen molar-refractivity contribution >= 4 is 5.91 Å². The lowest BCUT2D eigenvalue weighted by atomic mass is 9.98. The molecule has 0 aromatic heterocycles. The molecular formula is C14H27NO7. The third-order valence-electron chi connectivity index (χ3n) is 4.07. The molecule has 1 saturated carbocycles. The molecule has 0 saturated heterocycles. The molecule has 1 aliphatic carbocycles. The lowest BCUT2D eigenvalue weighted by Gasteiger charge is -2.28. The molecule has 5 atom stereocenters. The first-order valence-corrected chi connectivity index (χ1v) is 7.70. The van der Waals surface area contributed by atoms with E-state index in [-0.39, 0.29) is 6.04 Å². The number of rotatable bonds is 7. The van der Waals surface area contributed by atoms with E-state index in [1.54, 1.807) is 0 Å². The van der Waals surface area contributed by atoms with Crippen molar-refractivity contribution in [3.05, 3.63) is 0 Å². The largest absolute Gasteiger partial charge is 0.394 e. The Morgan fingerprint density at radius 1 is 0.909 bits per heavy atom. The van der Waals surface area contributed by atoms with Crippen LogP contribution >= 0.6 is 0 Å². The van der Waals surface area contributed by atoms with Crippen LogP contribution in [0.2, 0.25) is 0 Å². The minimum Gasteiger partial charge on any atom is -0.394 e. The topological polar surface area (TPSA) is 150 Å². The van der Waals surface area contributed by atoms with E-state index in [1.165, 1.54) is 0 Å². The smallest absolute Gasteiger partial charge is 0.251 e. The van der Waals surface area contributed by atoms with Crippen LogP contribution in [-0.4, -0.2) is 79.7 Å². The van der Waals surface area contributed by atoms with E-state index in [4.69, 9.17) is 5.11 Å². The van der Waals surface area contributed by atoms with Gasteiger partial charge in [0.1, 0.15) is 24.4 Å². The number of amides is 1. The average Bonchev–Trinajstić information content (AvgIpc) is 2.79. The number of aliphatic hydroxyl groups excluding tert-OH is 6. The summed E-state index contributed by atoms with van der Waals surface area (Å²) in [5, 5.41) is 59.2. The van der Waals surface area contributed by atoms with E-state index in [2.05, 4.69) is 5.32 Å². The molecule has 1 aliphatic rings. The maximum absolute atomic E-state index is 11.9. The molecule has 8 nitrogen and oxygen atoms in total. The molecule has 0 unspecified atom stereocenters. The molecule has 0 spiro atoms. The molecule has 0 bridgehead atoms. The van der Waals surface area contributed by atoms with Gasteiger partial charge in [0.05, 0.1) is 6.61 Å². The fourth-order valence-electron chi connectivity index (χ4n) is 2.59. The maximum Gasteiger partial charge on any atom is 0.251 e. The van der Waals surface area contributed by atoms with Crippen LogP contribution in [0.5, 0.6) is 0 Å². The second-order valence-corrected chi connectivity index (χ2v) is 5.86. The molecular weight excluding hydrogens is 294 g/mol. The molecule has 22 heavy (non-hydrogen) atoms. The van der Waals surface area contributed by atoms with Crippen LogP contribution in [0.15, 0.2) is 0 Å². The van der Waals surface area contributed by atoms with Crippen molar-refractivity contribution in [2.75, 3.05) is 6.61 Å². The van der Waals surface area contributed by atoms with E-state index >= 15 is 0 Å². The molecule has 8 heteroatoms. The molecule has 0 aromatic rings. The Kier molecular flexibility index (Phi) is 8.23. The zero-order valence-electron chi connectivity index (χ0n) is 12.5. The molecule has 0 radical (unpaired) electrons. The van der Waals surface area contributed by atoms with E-state index in [0.717, 1.165) is 38.5 Å². The molecule has 1 amide bonds. The van der Waals surface area contributed by atoms with Crippen molar-refractivity contribution in [3.63, 3.8) is 0 Å². The third-order valence-corrected chi connectivity index (χ3v) is 4.07. The zero-order chi connectivity index (χ0) is 16.7. The second-order valence-electron chi connectivity index (χ2n) is 5.86. The van der Waals surface area contributed by atoms with Crippen LogP contribution in [-0.2, 0) is 4.79 Å². The molecule has 0 heterocycles. The Bertz CT molecular complexity index is 333. The first kappa shape index (κ1) is 19.3. The summed E-state index contributed by atoms with van der Waals surface area (Å²) >= 11 is 0. The van der Waals surface area contributed by atoms with Crippen LogP contribution < -0.4 is 5.32 Å². The normalized spacial score (nSPS) is 23.9. The number of carbonyl (C=O) groups is 1. The highest BCUT2D eigenvalue weighted by molar-refractivity contribution is 5.81. The van der Waals surface area contributed by atoms with Crippen molar-refractivity contribution in [1.29, 1.82) is 0 Å². The predicted molar refractivity (Wildman–Crippen MR) is 76.8 cm³/mol. The first-order valence-electron chi connectivity index (χ1n) is 7.70. The van der Waals surface area contributed by atoms with Gasteiger partial charge in [0.2, 0.25) is 0 Å². The number of nitrogens with one attached hydrogen (secondary N) is 1. The molecule has 1 rings (SSSR count). The molecule has 0 aromatic carbocycles. The summed E-state index contributed by atoms with van der Waals surface area (Å²) in [6.07, 6.45) is -3.67. The summed E-state index contributed by atoms with van der Waals surface area (Å²) in [4.78, 5) is 11.9. The average molecular weight is 321 g/mol. The van der Waals surface area contributed by atoms with Gasteiger partial charge in [-0.05, 0) is 12.8 Å². The van der Waals surface area contributed by atoms with E-state index in [9.17, 15) is 30.3 Å². The van der Waals surface area contributed by atoms with Crippen LogP contribution in [0.1, 0.15) is 38.5 Å². The Hall–Kier alpha value is -0.770. The quantitative estimate of drug-likeness (QED) is 0.259. The fourth-order valence-corrected chi connectivity index (χ4v) is 2.59. The summed E-state index contributed by atoms with van der Waals surface area (Å²) < 4.78 is 0. The lowest BCUT2D eigenvalue weighted by Crippen LogP contribution is -2.55. The van der Waals surface area contributed by atoms with Crippen LogP contribution in [0, 0.1) is 0 Å². The summed E-state index contributed by atoms with van der Waals surface area (Å²) in [6.45, 7) is -0.824. The Labute approximate surface area is 129 Å². The number of carbonyl (C=O) groups excluding carboxylic acids is 1. The highest BCUT2D eigenvalue weighted by atomic mass is 16.4. The van der Waals surface area contributed by atoms with Crippen LogP contribution in [0.25, 0.3) is 0 Å². The van der Waals surface area contributed by atoms with Gasteiger partial charge in [-0.2, -0.15) is 0 Å². The lowest BCUT2D eigenvalue weighted by molar-refractivity contribution is -0.157. The van der Waals surface area contributed by atoms with Gasteiger partial charge in [0.25, 0.3) is 5.91 Å². The molecule has 7 N–H and O–H groups in total. The maximum atomic E-state index is 11.9. The van der Waals surface area contributed by atoms with Crippen molar-refractivity contribution in [3.8, 4) is 0 Å². The van der Waals surface area contributed by atoms with Crippen molar-refractivity contribution in [2.45, 2.75) is 75.1 Å². The molecule has 130 valence electrons. The van der Waals surface area contributed by atoms with Gasteiger partial charge < -0.3 is 36.0 Å². The Balaban J connectivity index is 2.53. The number of aliphatic hydroxyl groups is 6. The molecule has 0 aliphatic heterocycles. The third kappa shape index (κ3) is 5.45. The van der Waals surface area contributed by atoms with Crippen molar-refractivity contribution in [1.82, 2.24) is 5.32 Å². The van der Waals surface area contributed by atoms with Gasteiger partial charge in [0, 0.05) is 6.04 Å². The van der Waals surface area contributed by atoms with Gasteiger partial charge in [-0.25, -0.2) is 0 Å². The standard InChI is InChI=1S/C14H27NO7/c16-7-9(17)10(18)11(19)12(20)13(21)14(22)15-8-5-3-1-2-4-6-8/h8-13,16-21H,1-7H2,(H,15,22)/t9-,10-,11+,12-,13-/m1/s1. The van der Waals surface area contributed by atoms with Crippen LogP contribution in [0.4, 0.5) is 0 Å².